The lowest BCUT2D eigenvalue weighted by molar-refractivity contribution is 0.0973. The van der Waals surface area contributed by atoms with Crippen molar-refractivity contribution < 1.29 is 9.47 Å². The van der Waals surface area contributed by atoms with Gasteiger partial charge in [0.1, 0.15) is 18.2 Å². The minimum Gasteiger partial charge on any atom is -0.489 e. The summed E-state index contributed by atoms with van der Waals surface area (Å²) >= 11 is 0. The molecule has 8 heteroatoms. The predicted octanol–water partition coefficient (Wildman–Crippen LogP) is 2.94. The van der Waals surface area contributed by atoms with E-state index in [9.17, 15) is 4.79 Å². The summed E-state index contributed by atoms with van der Waals surface area (Å²) in [6.45, 7) is 4.74. The van der Waals surface area contributed by atoms with Crippen LogP contribution in [0.3, 0.4) is 0 Å². The van der Waals surface area contributed by atoms with Gasteiger partial charge < -0.3 is 25.8 Å². The van der Waals surface area contributed by atoms with Gasteiger partial charge in [0.2, 0.25) is 5.95 Å². The Morgan fingerprint density at radius 1 is 1.11 bits per heavy atom. The number of nitrogen functional groups attached to an aromatic ring is 1. The Hall–Kier alpha value is -3.36. The molecule has 0 radical (unpaired) electrons. The van der Waals surface area contributed by atoms with Crippen molar-refractivity contribution >= 4 is 11.8 Å². The highest BCUT2D eigenvalue weighted by molar-refractivity contribution is 5.74. The molecule has 3 heterocycles. The molecule has 2 saturated heterocycles. The van der Waals surface area contributed by atoms with Gasteiger partial charge in [0.05, 0.1) is 18.3 Å². The van der Waals surface area contributed by atoms with Gasteiger partial charge in [-0.2, -0.15) is 4.98 Å². The van der Waals surface area contributed by atoms with Crippen molar-refractivity contribution in [1.29, 1.82) is 0 Å². The first-order chi connectivity index (χ1) is 16.9. The first-order valence-electron chi connectivity index (χ1n) is 12.1. The van der Waals surface area contributed by atoms with Gasteiger partial charge in [0, 0.05) is 31.6 Å². The first kappa shape index (κ1) is 23.4. The Morgan fingerprint density at radius 3 is 2.43 bits per heavy atom. The quantitative estimate of drug-likeness (QED) is 0.584. The number of hydrogen-bond acceptors (Lipinski definition) is 7. The topological polar surface area (TPSA) is 109 Å². The minimum atomic E-state index is -0.166. The van der Waals surface area contributed by atoms with Crippen LogP contribution in [0.1, 0.15) is 25.3 Å². The second-order valence-electron chi connectivity index (χ2n) is 9.73. The molecule has 1 spiro atoms. The lowest BCUT2D eigenvalue weighted by atomic mass is 9.73. The molecular formula is C27H33N5O3. The summed E-state index contributed by atoms with van der Waals surface area (Å²) in [5, 5.41) is 0. The van der Waals surface area contributed by atoms with E-state index >= 15 is 0 Å². The minimum absolute atomic E-state index is 0.00456. The van der Waals surface area contributed by atoms with Crippen molar-refractivity contribution in [3.63, 3.8) is 0 Å². The van der Waals surface area contributed by atoms with Gasteiger partial charge in [-0.05, 0) is 43.0 Å². The van der Waals surface area contributed by atoms with Gasteiger partial charge in [-0.15, -0.1) is 0 Å². The summed E-state index contributed by atoms with van der Waals surface area (Å²) in [5.41, 5.74) is 14.8. The third-order valence-electron chi connectivity index (χ3n) is 7.57. The number of rotatable bonds is 5. The summed E-state index contributed by atoms with van der Waals surface area (Å²) in [5.74, 6) is 1.55. The largest absolute Gasteiger partial charge is 0.489 e. The van der Waals surface area contributed by atoms with Crippen molar-refractivity contribution in [2.45, 2.75) is 38.5 Å². The molecule has 2 atom stereocenters. The second kappa shape index (κ2) is 9.36. The lowest BCUT2D eigenvalue weighted by Gasteiger charge is -2.41. The van der Waals surface area contributed by atoms with Gasteiger partial charge in [-0.1, -0.05) is 42.5 Å². The van der Waals surface area contributed by atoms with E-state index in [2.05, 4.69) is 9.88 Å². The molecule has 4 N–H and O–H groups in total. The summed E-state index contributed by atoms with van der Waals surface area (Å²) in [7, 11) is 1.75. The van der Waals surface area contributed by atoms with Crippen LogP contribution in [0, 0.1) is 5.41 Å². The van der Waals surface area contributed by atoms with Gasteiger partial charge in [0.15, 0.2) is 0 Å². The highest BCUT2D eigenvalue weighted by Crippen LogP contribution is 2.41. The number of aromatic nitrogens is 2. The van der Waals surface area contributed by atoms with Crippen LogP contribution in [0.2, 0.25) is 0 Å². The van der Waals surface area contributed by atoms with E-state index in [4.69, 9.17) is 20.9 Å². The molecule has 8 nitrogen and oxygen atoms in total. The van der Waals surface area contributed by atoms with E-state index in [-0.39, 0.29) is 28.9 Å². The standard InChI is InChI=1S/C27H33N5O3/c1-18-23(28)27(17-35-18)12-14-32(15-13-27)26-30-24(29)22(25(33)31(26)2)20-8-10-21(11-9-20)34-16-19-6-4-3-5-7-19/h3-11,18,23H,12-17,28-29H2,1-2H3/t18-,23+/m0/s1. The molecule has 1 aromatic heterocycles. The Labute approximate surface area is 205 Å². The van der Waals surface area contributed by atoms with E-state index in [1.165, 1.54) is 0 Å². The van der Waals surface area contributed by atoms with Crippen LogP contribution in [0.25, 0.3) is 11.1 Å². The highest BCUT2D eigenvalue weighted by atomic mass is 16.5. The molecule has 0 bridgehead atoms. The zero-order valence-electron chi connectivity index (χ0n) is 20.3. The van der Waals surface area contributed by atoms with Crippen LogP contribution in [-0.2, 0) is 18.4 Å². The van der Waals surface area contributed by atoms with Crippen molar-refractivity contribution in [2.75, 3.05) is 30.3 Å². The zero-order valence-corrected chi connectivity index (χ0v) is 20.3. The average molecular weight is 476 g/mol. The third kappa shape index (κ3) is 4.39. The molecule has 3 aromatic rings. The van der Waals surface area contributed by atoms with Crippen molar-refractivity contribution in [3.05, 3.63) is 70.5 Å². The van der Waals surface area contributed by atoms with E-state index in [0.29, 0.717) is 24.7 Å². The molecule has 2 fully saturated rings. The van der Waals surface area contributed by atoms with E-state index in [1.54, 1.807) is 11.6 Å². The summed E-state index contributed by atoms with van der Waals surface area (Å²) in [4.78, 5) is 20.1. The Bertz CT molecular complexity index is 1230. The molecule has 184 valence electrons. The number of ether oxygens (including phenoxy) is 2. The molecular weight excluding hydrogens is 442 g/mol. The summed E-state index contributed by atoms with van der Waals surface area (Å²) < 4.78 is 13.3. The van der Waals surface area contributed by atoms with Gasteiger partial charge >= 0.3 is 0 Å². The predicted molar refractivity (Wildman–Crippen MR) is 137 cm³/mol. The fraction of sp³-hybridized carbons (Fsp3) is 0.407. The molecule has 5 rings (SSSR count). The first-order valence-corrected chi connectivity index (χ1v) is 12.1. The second-order valence-corrected chi connectivity index (χ2v) is 9.73. The SMILES string of the molecule is C[C@@H]1OCC2(CCN(c3nc(N)c(-c4ccc(OCc5ccccc5)cc4)c(=O)n3C)CC2)[C@@H]1N. The van der Waals surface area contributed by atoms with E-state index in [1.807, 2.05) is 61.5 Å². The van der Waals surface area contributed by atoms with Crippen molar-refractivity contribution in [2.24, 2.45) is 18.2 Å². The number of hydrogen-bond donors (Lipinski definition) is 2. The third-order valence-corrected chi connectivity index (χ3v) is 7.57. The smallest absolute Gasteiger partial charge is 0.264 e. The van der Waals surface area contributed by atoms with E-state index in [0.717, 1.165) is 42.8 Å². The maximum absolute atomic E-state index is 13.3. The maximum atomic E-state index is 13.3. The maximum Gasteiger partial charge on any atom is 0.264 e. The van der Waals surface area contributed by atoms with Crippen LogP contribution >= 0.6 is 0 Å². The number of benzene rings is 2. The fourth-order valence-electron chi connectivity index (χ4n) is 5.24. The number of anilines is 2. The fourth-order valence-corrected chi connectivity index (χ4v) is 5.24. The van der Waals surface area contributed by atoms with Gasteiger partial charge in [0.25, 0.3) is 5.56 Å². The molecule has 35 heavy (non-hydrogen) atoms. The molecule has 0 aliphatic carbocycles. The van der Waals surface area contributed by atoms with Crippen molar-refractivity contribution in [1.82, 2.24) is 9.55 Å². The molecule has 2 aromatic carbocycles. The van der Waals surface area contributed by atoms with Crippen LogP contribution in [0.5, 0.6) is 5.75 Å². The van der Waals surface area contributed by atoms with Gasteiger partial charge in [-0.25, -0.2) is 0 Å². The van der Waals surface area contributed by atoms with E-state index < -0.39 is 0 Å². The van der Waals surface area contributed by atoms with Crippen LogP contribution in [-0.4, -0.2) is 41.4 Å². The van der Waals surface area contributed by atoms with Crippen LogP contribution < -0.4 is 26.7 Å². The van der Waals surface area contributed by atoms with Crippen LogP contribution in [0.4, 0.5) is 11.8 Å². The summed E-state index contributed by atoms with van der Waals surface area (Å²) in [6.07, 6.45) is 1.88. The molecule has 0 amide bonds. The Balaban J connectivity index is 1.32. The van der Waals surface area contributed by atoms with Gasteiger partial charge in [-0.3, -0.25) is 9.36 Å². The Morgan fingerprint density at radius 2 is 1.80 bits per heavy atom. The molecule has 2 aliphatic heterocycles. The zero-order chi connectivity index (χ0) is 24.6. The number of piperidine rings is 1. The molecule has 0 saturated carbocycles. The average Bonchev–Trinajstić information content (AvgIpc) is 3.15. The summed E-state index contributed by atoms with van der Waals surface area (Å²) in [6, 6.07) is 17.4. The van der Waals surface area contributed by atoms with Crippen molar-refractivity contribution in [3.8, 4) is 16.9 Å². The lowest BCUT2D eigenvalue weighted by Crippen LogP contribution is -2.51. The Kier molecular flexibility index (Phi) is 6.25. The van der Waals surface area contributed by atoms with Crippen LogP contribution in [0.15, 0.2) is 59.4 Å². The number of nitrogens with two attached hydrogens (primary N) is 2. The highest BCUT2D eigenvalue weighted by Gasteiger charge is 2.47. The monoisotopic (exact) mass is 475 g/mol. The molecule has 2 aliphatic rings. The number of nitrogens with zero attached hydrogens (tertiary/aromatic N) is 3. The molecule has 0 unspecified atom stereocenters. The normalized spacial score (nSPS) is 21.4.